The monoisotopic (exact) mass is 506 g/mol. The van der Waals surface area contributed by atoms with Crippen molar-refractivity contribution in [2.45, 2.75) is 39.5 Å². The molecule has 2 aliphatic heterocycles. The fourth-order valence-corrected chi connectivity index (χ4v) is 6.26. The predicted octanol–water partition coefficient (Wildman–Crippen LogP) is 6.74. The van der Waals surface area contributed by atoms with Crippen LogP contribution >= 0.6 is 0 Å². The second-order valence-electron chi connectivity index (χ2n) is 11.4. The van der Waals surface area contributed by atoms with Crippen LogP contribution in [0.5, 0.6) is 0 Å². The number of pyridine rings is 1. The average Bonchev–Trinajstić information content (AvgIpc) is 3.22. The summed E-state index contributed by atoms with van der Waals surface area (Å²) in [6.45, 7) is 9.12. The Morgan fingerprint density at radius 1 is 1.16 bits per heavy atom. The molecule has 1 aliphatic carbocycles. The molecule has 5 rings (SSSR count). The number of allylic oxidation sites excluding steroid dienone is 10. The van der Waals surface area contributed by atoms with Gasteiger partial charge in [0.25, 0.3) is 0 Å². The minimum atomic E-state index is -0.978. The van der Waals surface area contributed by atoms with E-state index in [2.05, 4.69) is 123 Å². The lowest BCUT2D eigenvalue weighted by Gasteiger charge is -2.27. The van der Waals surface area contributed by atoms with Gasteiger partial charge in [-0.15, -0.1) is 0 Å². The second-order valence-corrected chi connectivity index (χ2v) is 11.4. The van der Waals surface area contributed by atoms with Crippen LogP contribution in [0.3, 0.4) is 0 Å². The molecule has 3 heterocycles. The third-order valence-corrected chi connectivity index (χ3v) is 8.50. The fourth-order valence-electron chi connectivity index (χ4n) is 6.26. The normalized spacial score (nSPS) is 22.7. The van der Waals surface area contributed by atoms with Gasteiger partial charge < -0.3 is 10.0 Å². The summed E-state index contributed by atoms with van der Waals surface area (Å²) in [5.41, 5.74) is 7.99. The highest BCUT2D eigenvalue weighted by Crippen LogP contribution is 2.52. The van der Waals surface area contributed by atoms with Crippen molar-refractivity contribution in [3.63, 3.8) is 0 Å². The van der Waals surface area contributed by atoms with Crippen molar-refractivity contribution >= 4 is 22.9 Å². The molecule has 0 spiro atoms. The van der Waals surface area contributed by atoms with E-state index in [0.29, 0.717) is 5.92 Å². The molecule has 1 aromatic heterocycles. The molecule has 1 N–H and O–H groups in total. The van der Waals surface area contributed by atoms with Crippen LogP contribution in [0.4, 0.5) is 5.69 Å². The number of likely N-dealkylation sites (tertiary alicyclic amines) is 1. The molecule has 38 heavy (non-hydrogen) atoms. The fraction of sp³-hybridized carbons (Fsp3) is 0.303. The predicted molar refractivity (Wildman–Crippen MR) is 154 cm³/mol. The highest BCUT2D eigenvalue weighted by molar-refractivity contribution is 6.04. The van der Waals surface area contributed by atoms with Gasteiger partial charge in [-0.2, -0.15) is 4.58 Å². The van der Waals surface area contributed by atoms with Crippen LogP contribution in [0, 0.1) is 11.3 Å². The number of carbonyl (C=O) groups is 1. The molecule has 5 nitrogen and oxygen atoms in total. The minimum Gasteiger partial charge on any atom is -0.478 e. The number of aromatic carboxylic acids is 1. The summed E-state index contributed by atoms with van der Waals surface area (Å²) in [5, 5.41) is 9.37. The van der Waals surface area contributed by atoms with Crippen LogP contribution in [0.1, 0.15) is 55.7 Å². The van der Waals surface area contributed by atoms with E-state index in [4.69, 9.17) is 0 Å². The van der Waals surface area contributed by atoms with Crippen LogP contribution in [0.25, 0.3) is 5.57 Å². The highest BCUT2D eigenvalue weighted by atomic mass is 16.4. The molecule has 1 fully saturated rings. The first-order valence-corrected chi connectivity index (χ1v) is 13.1. The molecule has 1 atom stereocenters. The molecule has 5 heteroatoms. The second kappa shape index (κ2) is 9.39. The van der Waals surface area contributed by atoms with Gasteiger partial charge in [0.1, 0.15) is 7.05 Å². The third-order valence-electron chi connectivity index (χ3n) is 8.50. The number of nitrogens with zero attached hydrogens (tertiary/aromatic N) is 3. The Hall–Kier alpha value is -3.99. The Kier molecular flexibility index (Phi) is 6.34. The van der Waals surface area contributed by atoms with E-state index in [1.807, 2.05) is 0 Å². The van der Waals surface area contributed by atoms with E-state index in [1.165, 1.54) is 34.6 Å². The number of hydrogen-bond donors (Lipinski definition) is 1. The summed E-state index contributed by atoms with van der Waals surface area (Å²) in [6.07, 6.45) is 17.7. The number of carboxylic acid groups (broad SMARTS) is 1. The van der Waals surface area contributed by atoms with Crippen LogP contribution < -0.4 is 0 Å². The van der Waals surface area contributed by atoms with E-state index in [1.54, 1.807) is 12.1 Å². The lowest BCUT2D eigenvalue weighted by Crippen LogP contribution is -2.26. The molecule has 1 aromatic carbocycles. The molecular formula is C33H36N3O2+. The van der Waals surface area contributed by atoms with Gasteiger partial charge in [-0.3, -0.25) is 4.98 Å². The third kappa shape index (κ3) is 4.16. The van der Waals surface area contributed by atoms with Crippen molar-refractivity contribution in [1.29, 1.82) is 0 Å². The highest BCUT2D eigenvalue weighted by Gasteiger charge is 2.45. The number of fused-ring (bicyclic) bond motifs is 2. The lowest BCUT2D eigenvalue weighted by atomic mass is 9.75. The van der Waals surface area contributed by atoms with Gasteiger partial charge in [-0.1, -0.05) is 50.3 Å². The number of hydrogen-bond acceptors (Lipinski definition) is 3. The molecule has 0 bridgehead atoms. The molecule has 1 saturated heterocycles. The van der Waals surface area contributed by atoms with Crippen molar-refractivity contribution in [2.75, 3.05) is 14.1 Å². The Morgan fingerprint density at radius 3 is 2.58 bits per heavy atom. The number of carboxylic acids is 1. The molecule has 0 amide bonds. The van der Waals surface area contributed by atoms with Crippen LogP contribution in [-0.4, -0.2) is 45.3 Å². The summed E-state index contributed by atoms with van der Waals surface area (Å²) < 4.78 is 2.25. The van der Waals surface area contributed by atoms with Gasteiger partial charge in [-0.05, 0) is 50.6 Å². The van der Waals surface area contributed by atoms with E-state index in [9.17, 15) is 9.90 Å². The average molecular weight is 507 g/mol. The Bertz CT molecular complexity index is 1480. The van der Waals surface area contributed by atoms with Crippen molar-refractivity contribution in [3.8, 4) is 0 Å². The van der Waals surface area contributed by atoms with E-state index < -0.39 is 5.97 Å². The quantitative estimate of drug-likeness (QED) is 0.360. The van der Waals surface area contributed by atoms with Gasteiger partial charge in [0, 0.05) is 59.3 Å². The maximum Gasteiger partial charge on any atom is 0.337 e. The van der Waals surface area contributed by atoms with Crippen LogP contribution in [-0.2, 0) is 5.41 Å². The largest absolute Gasteiger partial charge is 0.478 e. The summed E-state index contributed by atoms with van der Waals surface area (Å²) in [7, 11) is 4.25. The van der Waals surface area contributed by atoms with Gasteiger partial charge in [0.2, 0.25) is 5.69 Å². The van der Waals surface area contributed by atoms with Gasteiger partial charge in [0.15, 0.2) is 5.71 Å². The lowest BCUT2D eigenvalue weighted by molar-refractivity contribution is -0.401. The first kappa shape index (κ1) is 25.7. The van der Waals surface area contributed by atoms with E-state index >= 15 is 0 Å². The maximum atomic E-state index is 11.4. The first-order chi connectivity index (χ1) is 18.0. The number of benzene rings is 1. The molecule has 194 valence electrons. The maximum absolute atomic E-state index is 11.4. The Labute approximate surface area is 225 Å². The zero-order chi connectivity index (χ0) is 27.2. The van der Waals surface area contributed by atoms with E-state index in [0.717, 1.165) is 17.7 Å². The summed E-state index contributed by atoms with van der Waals surface area (Å²) in [4.78, 5) is 18.3. The van der Waals surface area contributed by atoms with E-state index in [-0.39, 0.29) is 16.4 Å². The van der Waals surface area contributed by atoms with Crippen molar-refractivity contribution in [3.05, 3.63) is 113 Å². The number of rotatable bonds is 5. The van der Waals surface area contributed by atoms with Crippen LogP contribution in [0.15, 0.2) is 96.5 Å². The standard InChI is InChI=1S/C33H35N3O2/c1-32(2)24-11-7-9-13-27(24)35(5)29(32)19-16-22(26-18-15-23(21-34-26)31(37)38)17-20-30-33(3,4)25-12-8-10-14-28(25)36(30)6/h7-11,13-21,25H,12H2,1-6H3/p+1. The zero-order valence-corrected chi connectivity index (χ0v) is 23.1. The molecule has 1 unspecified atom stereocenters. The van der Waals surface area contributed by atoms with Gasteiger partial charge in [0.05, 0.1) is 16.7 Å². The van der Waals surface area contributed by atoms with Gasteiger partial charge >= 0.3 is 5.97 Å². The topological polar surface area (TPSA) is 56.4 Å². The van der Waals surface area contributed by atoms with Gasteiger partial charge in [-0.25, -0.2) is 4.79 Å². The summed E-state index contributed by atoms with van der Waals surface area (Å²) in [5.74, 6) is -0.528. The molecular weight excluding hydrogens is 470 g/mol. The molecule has 3 aliphatic rings. The molecule has 2 aromatic rings. The smallest absolute Gasteiger partial charge is 0.337 e. The van der Waals surface area contributed by atoms with Crippen molar-refractivity contribution in [1.82, 2.24) is 9.88 Å². The zero-order valence-electron chi connectivity index (χ0n) is 23.1. The molecule has 0 radical (unpaired) electrons. The summed E-state index contributed by atoms with van der Waals surface area (Å²) in [6, 6.07) is 11.9. The number of aromatic nitrogens is 1. The number of para-hydroxylation sites is 1. The Morgan fingerprint density at radius 2 is 1.92 bits per heavy atom. The summed E-state index contributed by atoms with van der Waals surface area (Å²) >= 11 is 0. The van der Waals surface area contributed by atoms with Crippen molar-refractivity contribution in [2.24, 2.45) is 11.3 Å². The SMILES string of the molecule is CN1C2=CC=CCC2C(C)(C)\C1=C/C=C(/C=C/C1=[N+](C)c2ccccc2C1(C)C)c1ccc(C(=O)O)cn1. The Balaban J connectivity index is 1.58. The first-order valence-electron chi connectivity index (χ1n) is 13.1. The minimum absolute atomic E-state index is 0.0126. The van der Waals surface area contributed by atoms with Crippen LogP contribution in [0.2, 0.25) is 0 Å². The van der Waals surface area contributed by atoms with Crippen molar-refractivity contribution < 1.29 is 14.5 Å². The molecule has 0 saturated carbocycles.